The largest absolute Gasteiger partial charge is 0.456 e. The fourth-order valence-electron chi connectivity index (χ4n) is 3.12. The average molecular weight is 284 g/mol. The van der Waals surface area contributed by atoms with Crippen LogP contribution in [0.3, 0.4) is 0 Å². The van der Waals surface area contributed by atoms with Crippen molar-refractivity contribution in [3.63, 3.8) is 0 Å². The first-order valence-electron chi connectivity index (χ1n) is 7.41. The molecule has 106 valence electrons. The fourth-order valence-corrected chi connectivity index (χ4v) is 3.12. The molecule has 1 nitrogen and oxygen atoms in total. The van der Waals surface area contributed by atoms with Gasteiger partial charge in [0.15, 0.2) is 0 Å². The summed E-state index contributed by atoms with van der Waals surface area (Å²) in [6.45, 7) is 6.31. The molecule has 0 aliphatic heterocycles. The van der Waals surface area contributed by atoms with Crippen LogP contribution in [0, 0.1) is 0 Å². The molecule has 0 amide bonds. The molecule has 0 spiro atoms. The number of benzene rings is 3. The Labute approximate surface area is 128 Å². The van der Waals surface area contributed by atoms with Crippen molar-refractivity contribution >= 4 is 34.1 Å². The standard InChI is InChI=1S/C21H16O/c1-14-8-3-4-9-16(14)15(2)17-11-7-13-20-21(17)18-10-5-6-12-19(18)22-20/h3-13H,1H2,2H3/b16-15+. The van der Waals surface area contributed by atoms with Gasteiger partial charge in [-0.15, -0.1) is 0 Å². The van der Waals surface area contributed by atoms with Gasteiger partial charge in [0, 0.05) is 10.8 Å². The monoisotopic (exact) mass is 284 g/mol. The summed E-state index contributed by atoms with van der Waals surface area (Å²) in [4.78, 5) is 0. The SMILES string of the molecule is C=c1cccc/c1=C(/C)c1cccc2oc3ccccc3c12. The van der Waals surface area contributed by atoms with Gasteiger partial charge in [-0.25, -0.2) is 0 Å². The predicted molar refractivity (Wildman–Crippen MR) is 93.1 cm³/mol. The zero-order valence-electron chi connectivity index (χ0n) is 12.5. The van der Waals surface area contributed by atoms with Gasteiger partial charge in [0.25, 0.3) is 0 Å². The van der Waals surface area contributed by atoms with Crippen molar-refractivity contribution in [2.24, 2.45) is 0 Å². The Kier molecular flexibility index (Phi) is 2.87. The number of furan rings is 1. The van der Waals surface area contributed by atoms with Crippen molar-refractivity contribution in [2.75, 3.05) is 0 Å². The molecule has 1 heteroatoms. The Hall–Kier alpha value is -2.80. The summed E-state index contributed by atoms with van der Waals surface area (Å²) < 4.78 is 5.98. The average Bonchev–Trinajstić information content (AvgIpc) is 2.93. The molecule has 0 fully saturated rings. The Morgan fingerprint density at radius 2 is 1.55 bits per heavy atom. The third-order valence-electron chi connectivity index (χ3n) is 4.23. The Morgan fingerprint density at radius 1 is 0.818 bits per heavy atom. The molecule has 4 aromatic rings. The summed E-state index contributed by atoms with van der Waals surface area (Å²) in [5.74, 6) is 0. The van der Waals surface area contributed by atoms with E-state index in [0.717, 1.165) is 21.8 Å². The van der Waals surface area contributed by atoms with E-state index in [1.54, 1.807) is 0 Å². The molecule has 0 N–H and O–H groups in total. The first-order chi connectivity index (χ1) is 10.8. The van der Waals surface area contributed by atoms with Gasteiger partial charge in [-0.2, -0.15) is 0 Å². The highest BCUT2D eigenvalue weighted by Gasteiger charge is 2.11. The van der Waals surface area contributed by atoms with Crippen LogP contribution >= 0.6 is 0 Å². The van der Waals surface area contributed by atoms with Gasteiger partial charge in [0.05, 0.1) is 0 Å². The van der Waals surface area contributed by atoms with Crippen LogP contribution in [0.5, 0.6) is 0 Å². The molecule has 0 radical (unpaired) electrons. The van der Waals surface area contributed by atoms with Crippen LogP contribution in [-0.4, -0.2) is 0 Å². The number of para-hydroxylation sites is 1. The second-order valence-electron chi connectivity index (χ2n) is 5.56. The second kappa shape index (κ2) is 4.88. The highest BCUT2D eigenvalue weighted by molar-refractivity contribution is 6.09. The van der Waals surface area contributed by atoms with E-state index in [0.29, 0.717) is 0 Å². The molecule has 0 unspecified atom stereocenters. The third-order valence-corrected chi connectivity index (χ3v) is 4.23. The number of rotatable bonds is 1. The normalized spacial score (nSPS) is 12.8. The maximum Gasteiger partial charge on any atom is 0.136 e. The maximum atomic E-state index is 5.98. The number of hydrogen-bond donors (Lipinski definition) is 0. The van der Waals surface area contributed by atoms with E-state index in [-0.39, 0.29) is 0 Å². The van der Waals surface area contributed by atoms with Crippen LogP contribution in [0.1, 0.15) is 12.5 Å². The van der Waals surface area contributed by atoms with E-state index in [1.807, 2.05) is 30.3 Å². The van der Waals surface area contributed by atoms with E-state index in [9.17, 15) is 0 Å². The molecular formula is C21H16O. The predicted octanol–water partition coefficient (Wildman–Crippen LogP) is 4.22. The summed E-state index contributed by atoms with van der Waals surface area (Å²) >= 11 is 0. The Balaban J connectivity index is 2.19. The highest BCUT2D eigenvalue weighted by atomic mass is 16.3. The molecule has 0 atom stereocenters. The van der Waals surface area contributed by atoms with Crippen LogP contribution < -0.4 is 10.4 Å². The lowest BCUT2D eigenvalue weighted by atomic mass is 9.98. The van der Waals surface area contributed by atoms with Crippen molar-refractivity contribution < 1.29 is 4.42 Å². The van der Waals surface area contributed by atoms with Crippen molar-refractivity contribution in [1.29, 1.82) is 0 Å². The van der Waals surface area contributed by atoms with Crippen LogP contribution in [0.15, 0.2) is 71.1 Å². The minimum absolute atomic E-state index is 0.930. The summed E-state index contributed by atoms with van der Waals surface area (Å²) in [5, 5.41) is 4.57. The highest BCUT2D eigenvalue weighted by Crippen LogP contribution is 2.33. The summed E-state index contributed by atoms with van der Waals surface area (Å²) in [7, 11) is 0. The van der Waals surface area contributed by atoms with Crippen molar-refractivity contribution in [2.45, 2.75) is 6.92 Å². The van der Waals surface area contributed by atoms with E-state index in [1.165, 1.54) is 21.7 Å². The van der Waals surface area contributed by atoms with Crippen molar-refractivity contribution in [3.05, 3.63) is 82.7 Å². The van der Waals surface area contributed by atoms with Gasteiger partial charge in [0.1, 0.15) is 11.2 Å². The quantitative estimate of drug-likeness (QED) is 0.510. The molecule has 0 bridgehead atoms. The topological polar surface area (TPSA) is 13.1 Å². The van der Waals surface area contributed by atoms with Crippen LogP contribution in [0.4, 0.5) is 0 Å². The van der Waals surface area contributed by atoms with Gasteiger partial charge in [-0.3, -0.25) is 0 Å². The molecule has 0 saturated heterocycles. The molecule has 0 saturated carbocycles. The minimum Gasteiger partial charge on any atom is -0.456 e. The number of fused-ring (bicyclic) bond motifs is 3. The van der Waals surface area contributed by atoms with Crippen molar-refractivity contribution in [1.82, 2.24) is 0 Å². The zero-order valence-corrected chi connectivity index (χ0v) is 12.5. The van der Waals surface area contributed by atoms with Gasteiger partial charge >= 0.3 is 0 Å². The molecular weight excluding hydrogens is 268 g/mol. The second-order valence-corrected chi connectivity index (χ2v) is 5.56. The van der Waals surface area contributed by atoms with Gasteiger partial charge in [-0.05, 0) is 40.6 Å². The van der Waals surface area contributed by atoms with Crippen molar-refractivity contribution in [3.8, 4) is 0 Å². The lowest BCUT2D eigenvalue weighted by molar-refractivity contribution is 0.669. The molecule has 3 aromatic carbocycles. The molecule has 1 aromatic heterocycles. The van der Waals surface area contributed by atoms with Gasteiger partial charge in [-0.1, -0.05) is 61.2 Å². The molecule has 4 rings (SSSR count). The van der Waals surface area contributed by atoms with Gasteiger partial charge in [0.2, 0.25) is 0 Å². The molecule has 0 aliphatic rings. The fraction of sp³-hybridized carbons (Fsp3) is 0.0476. The summed E-state index contributed by atoms with van der Waals surface area (Å²) in [6.07, 6.45) is 0. The Bertz CT molecular complexity index is 1100. The summed E-state index contributed by atoms with van der Waals surface area (Å²) in [5.41, 5.74) is 4.29. The first-order valence-corrected chi connectivity index (χ1v) is 7.41. The van der Waals surface area contributed by atoms with Crippen LogP contribution in [-0.2, 0) is 0 Å². The smallest absolute Gasteiger partial charge is 0.136 e. The lowest BCUT2D eigenvalue weighted by Crippen LogP contribution is -2.24. The maximum absolute atomic E-state index is 5.98. The Morgan fingerprint density at radius 3 is 2.41 bits per heavy atom. The number of hydrogen-bond acceptors (Lipinski definition) is 1. The minimum atomic E-state index is 0.930. The van der Waals surface area contributed by atoms with E-state index >= 15 is 0 Å². The third kappa shape index (κ3) is 1.86. The van der Waals surface area contributed by atoms with Gasteiger partial charge < -0.3 is 4.42 Å². The van der Waals surface area contributed by atoms with E-state index in [4.69, 9.17) is 4.42 Å². The van der Waals surface area contributed by atoms with E-state index in [2.05, 4.69) is 49.9 Å². The summed E-state index contributed by atoms with van der Waals surface area (Å²) in [6, 6.07) is 22.7. The molecule has 0 aliphatic carbocycles. The molecule has 22 heavy (non-hydrogen) atoms. The molecule has 1 heterocycles. The van der Waals surface area contributed by atoms with E-state index < -0.39 is 0 Å². The lowest BCUT2D eigenvalue weighted by Gasteiger charge is -2.04. The van der Waals surface area contributed by atoms with Crippen LogP contribution in [0.25, 0.3) is 34.1 Å². The zero-order chi connectivity index (χ0) is 15.1. The van der Waals surface area contributed by atoms with Crippen LogP contribution in [0.2, 0.25) is 0 Å². The first kappa shape index (κ1) is 12.9.